The summed E-state index contributed by atoms with van der Waals surface area (Å²) < 4.78 is 104. The van der Waals surface area contributed by atoms with E-state index in [2.05, 4.69) is 93.2 Å². The quantitative estimate of drug-likeness (QED) is 0.0231. The number of amides is 1. The van der Waals surface area contributed by atoms with E-state index in [4.69, 9.17) is 89.5 Å². The summed E-state index contributed by atoms with van der Waals surface area (Å²) in [6.07, 6.45) is -6.82. The summed E-state index contributed by atoms with van der Waals surface area (Å²) >= 11 is 6.38. The first-order valence-electron chi connectivity index (χ1n) is 35.7. The van der Waals surface area contributed by atoms with Gasteiger partial charge in [-0.2, -0.15) is 22.8 Å². The molecule has 0 aliphatic carbocycles. The molecular weight excluding hydrogens is 1670 g/mol. The van der Waals surface area contributed by atoms with Gasteiger partial charge < -0.3 is 163 Å². The Labute approximate surface area is 691 Å². The van der Waals surface area contributed by atoms with Crippen LogP contribution in [0, 0.1) is 18.3 Å². The Hall–Kier alpha value is -10.7. The van der Waals surface area contributed by atoms with Crippen LogP contribution in [0.2, 0.25) is 0 Å². The summed E-state index contributed by atoms with van der Waals surface area (Å²) in [6, 6.07) is 1.38. The van der Waals surface area contributed by atoms with Crippen LogP contribution in [0.3, 0.4) is 0 Å². The van der Waals surface area contributed by atoms with Gasteiger partial charge in [-0.15, -0.1) is 11.6 Å². The van der Waals surface area contributed by atoms with Crippen molar-refractivity contribution in [1.82, 2.24) is 49.3 Å². The van der Waals surface area contributed by atoms with Crippen molar-refractivity contribution in [3.8, 4) is 6.07 Å². The van der Waals surface area contributed by atoms with Gasteiger partial charge in [0.15, 0.2) is 53.9 Å². The largest absolute Gasteiger partial charge is 0.394 e. The lowest BCUT2D eigenvalue weighted by Gasteiger charge is -2.37. The number of aromatic nitrogens is 4. The highest BCUT2D eigenvalue weighted by Crippen LogP contribution is 2.49. The molecule has 1 amide bonds. The number of hydrogen-bond donors (Lipinski definition) is 21. The molecule has 13 rings (SSSR count). The van der Waals surface area contributed by atoms with Crippen molar-refractivity contribution in [2.24, 2.45) is 53.1 Å². The fourth-order valence-electron chi connectivity index (χ4n) is 13.5. The molecule has 25 N–H and O–H groups in total. The summed E-state index contributed by atoms with van der Waals surface area (Å²) in [6.45, 7) is 17.8. The molecule has 0 unspecified atom stereocenters. The van der Waals surface area contributed by atoms with Crippen molar-refractivity contribution < 1.29 is 132 Å². The van der Waals surface area contributed by atoms with E-state index in [9.17, 15) is 97.9 Å². The van der Waals surface area contributed by atoms with Gasteiger partial charge >= 0.3 is 11.8 Å². The second-order valence-electron chi connectivity index (χ2n) is 28.9. The minimum atomic E-state index is -3.81. The van der Waals surface area contributed by atoms with E-state index in [0.29, 0.717) is 11.5 Å². The van der Waals surface area contributed by atoms with Crippen molar-refractivity contribution in [2.75, 3.05) is 59.4 Å². The van der Waals surface area contributed by atoms with Gasteiger partial charge in [0.25, 0.3) is 11.5 Å². The molecule has 0 spiro atoms. The number of hydrogen-bond acceptors (Lipinski definition) is 41. The van der Waals surface area contributed by atoms with Gasteiger partial charge in [0.05, 0.1) is 59.1 Å². The number of aromatic amines is 1. The number of carbonyl (C=O) groups is 1. The number of imidazole rings is 1. The first-order valence-corrected chi connectivity index (χ1v) is 36.1. The number of azide groups is 2. The first-order chi connectivity index (χ1) is 57.0. The number of aryl methyl sites for hydroxylation is 1. The number of alkyl halides is 6. The Morgan fingerprint density at radius 1 is 0.607 bits per heavy atom. The van der Waals surface area contributed by atoms with E-state index in [1.165, 1.54) is 101 Å². The molecular formula is C68H91ClF5N25O23. The van der Waals surface area contributed by atoms with Crippen LogP contribution in [0.25, 0.3) is 32.0 Å². The Balaban J connectivity index is 0.000000182. The maximum Gasteiger partial charge on any atom is 0.321 e. The predicted molar refractivity (Wildman–Crippen MR) is 411 cm³/mol. The zero-order valence-corrected chi connectivity index (χ0v) is 65.7. The van der Waals surface area contributed by atoms with Crippen LogP contribution in [-0.2, 0) is 33.2 Å². The van der Waals surface area contributed by atoms with Crippen molar-refractivity contribution in [3.63, 3.8) is 0 Å². The molecule has 0 bridgehead atoms. The lowest BCUT2D eigenvalue weighted by atomic mass is 9.89. The van der Waals surface area contributed by atoms with Gasteiger partial charge in [-0.1, -0.05) is 43.1 Å². The topological polar surface area (TPSA) is 743 Å². The van der Waals surface area contributed by atoms with Gasteiger partial charge in [-0.05, 0) is 63.1 Å². The third kappa shape index (κ3) is 18.5. The number of aliphatic imine (C=N–C) groups is 4. The highest BCUT2D eigenvalue weighted by Gasteiger charge is 2.70. The molecule has 0 aromatic carbocycles. The number of rotatable bonds is 17. The average molecular weight is 1760 g/mol. The van der Waals surface area contributed by atoms with Crippen LogP contribution in [0.1, 0.15) is 32.8 Å². The summed E-state index contributed by atoms with van der Waals surface area (Å²) in [5, 5.41) is 164. The minimum Gasteiger partial charge on any atom is -0.394 e. The number of fused-ring (bicyclic) bond motifs is 1. The van der Waals surface area contributed by atoms with Gasteiger partial charge in [0, 0.05) is 46.9 Å². The van der Waals surface area contributed by atoms with Gasteiger partial charge in [-0.3, -0.25) is 14.2 Å². The van der Waals surface area contributed by atoms with Crippen molar-refractivity contribution in [2.45, 2.75) is 170 Å². The molecule has 2 aromatic rings. The third-order valence-corrected chi connectivity index (χ3v) is 20.8. The standard InChI is InChI=1S/C12H15ClN4O4.C12H18N2O5.C11H14F2N6O3.C11H12F2N4O3.C11H16FN3O4.C11H16N6O4/c1-5-15-9-7(10(20)16-5)14-4-17(9)11-12(2,13)8(19)6(3-18)21-11;1-7-13-8(16)4-5-14(7)10-12(3,18)9(17)11(2,6-15)19-10;1-6-17-7(14)2-3-19(6)9-11(12,13)8(21)10(5-20,22-9)4-16-18-15;1-6-16-7(15)2-3-17(6)9-11(12,13)8(19)10(4-14,5-18)20-9;1-6-14-8(13)2-3-15(6)10-11(18,5-12)9(17)7(4-16)19-10;1-6-15-7(12)2-3-17(6)10-8(19)9(20)11(5-18,21-10)4-14-16-13/h4,6,8,11,18-19H,3H2,1-2H3,(H,15,16,20);4-5,9-10,15,17-18H,1,6H2,2-3H3,(H,13,16);2-3,8-9,20-21H,1,4-5H2,(H2,14,17);2-3,8-9,18-19H,1,5H2,(H2,15,16);2-3,7,9-10,16-18H,1,4-5H2,(H2,13,14);2-3,8-10,18-20H,1,4-5H2,(H2,12,15)/t6-,8-,11-,12-;9-,10-,11-,12-;2*8-,9-,10-;7-,9-,10-,11-;8-,9+,10-,11-/m111111/s1. The first kappa shape index (κ1) is 96.8. The van der Waals surface area contributed by atoms with Crippen LogP contribution >= 0.6 is 11.6 Å². The Morgan fingerprint density at radius 2 is 1.07 bits per heavy atom. The van der Waals surface area contributed by atoms with Crippen LogP contribution in [0.4, 0.5) is 22.0 Å². The highest BCUT2D eigenvalue weighted by atomic mass is 35.5. The normalized spacial score (nSPS) is 36.4. The summed E-state index contributed by atoms with van der Waals surface area (Å²) in [7, 11) is 0. The molecule has 11 aliphatic rings. The number of H-pyrrole nitrogens is 1. The minimum absolute atomic E-state index is 0.0711. The van der Waals surface area contributed by atoms with E-state index < -0.39 is 189 Å². The SMILES string of the molecule is C=C1N=C(N)C=CN1[C@@H]1O[C@@](CO)(CN=[N+]=[N-])[C@@H](O)C1(F)F.C=C1N=C(N)C=CN1[C@@H]1O[C@@](CO)(CN=[N+]=[N-])[C@@H](O)[C@H]1O.C=C1N=C(N)C=CN1[C@@H]1O[C@H](CO)[C@@H](O)[C@]1(O)CF.C=C1N=C(N)C=CN1[C@@H]1O[C@](C#N)(CO)[C@@H](O)C1(F)F.C=C1NC(=O)C=CN1[C@@H]1O[C@](C)(CO)[C@@H](O)[C@@]1(C)O.Cc1nc2c(ncn2[C@@H]2O[C@H](CO)[C@@H](O)[C@@]2(C)Cl)c(=O)[nH]1. The Bertz CT molecular complexity index is 4810. The maximum absolute atomic E-state index is 14.3. The Morgan fingerprint density at radius 3 is 1.49 bits per heavy atom. The fourth-order valence-corrected chi connectivity index (χ4v) is 13.8. The van der Waals surface area contributed by atoms with Gasteiger partial charge in [0.2, 0.25) is 18.1 Å². The highest BCUT2D eigenvalue weighted by molar-refractivity contribution is 6.24. The molecule has 54 heteroatoms. The van der Waals surface area contributed by atoms with E-state index in [-0.39, 0.29) is 82.6 Å². The number of amidine groups is 4. The van der Waals surface area contributed by atoms with Crippen molar-refractivity contribution in [3.05, 3.63) is 167 Å². The molecule has 0 saturated carbocycles. The third-order valence-electron chi connectivity index (χ3n) is 20.4. The van der Waals surface area contributed by atoms with Crippen molar-refractivity contribution >= 4 is 52.0 Å². The zero-order valence-electron chi connectivity index (χ0n) is 65.0. The monoisotopic (exact) mass is 1760 g/mol. The number of aliphatic hydroxyl groups excluding tert-OH is 13. The average Bonchev–Trinajstić information content (AvgIpc) is 1.59. The maximum atomic E-state index is 14.3. The summed E-state index contributed by atoms with van der Waals surface area (Å²) in [5.74, 6) is -6.55. The van der Waals surface area contributed by atoms with Crippen LogP contribution in [0.5, 0.6) is 0 Å². The molecule has 48 nitrogen and oxygen atoms in total. The van der Waals surface area contributed by atoms with Crippen molar-refractivity contribution in [1.29, 1.82) is 5.26 Å². The number of halogens is 6. The van der Waals surface area contributed by atoms with E-state index in [1.807, 2.05) is 0 Å². The van der Waals surface area contributed by atoms with E-state index in [1.54, 1.807) is 13.8 Å². The molecule has 6 fully saturated rings. The molecule has 22 atom stereocenters. The Kier molecular flexibility index (Phi) is 29.8. The lowest BCUT2D eigenvalue weighted by Crippen LogP contribution is -2.55. The van der Waals surface area contributed by atoms with Gasteiger partial charge in [-0.25, -0.2) is 34.3 Å². The number of ether oxygens (including phenoxy) is 6. The number of nitrogens with two attached hydrogens (primary N) is 4. The zero-order chi connectivity index (χ0) is 91.3. The number of aliphatic hydroxyl groups is 15. The molecule has 2 aromatic heterocycles. The molecule has 13 heterocycles. The van der Waals surface area contributed by atoms with Crippen LogP contribution in [-0.4, -0.2) is 346 Å². The molecule has 6 saturated heterocycles. The van der Waals surface area contributed by atoms with Gasteiger partial charge in [0.1, 0.15) is 141 Å². The number of nitrogens with zero attached hydrogens (tertiary/aromatic N) is 19. The summed E-state index contributed by atoms with van der Waals surface area (Å²) in [5.41, 5.74) is 27.4. The van der Waals surface area contributed by atoms with Crippen LogP contribution in [0.15, 0.2) is 165 Å². The van der Waals surface area contributed by atoms with E-state index in [0.717, 1.165) is 16.0 Å². The number of carbonyl (C=O) groups excluding carboxylic acids is 1. The number of nitrogens with one attached hydrogen (secondary N) is 2. The molecule has 0 radical (unpaired) electrons. The molecule has 122 heavy (non-hydrogen) atoms. The fraction of sp³-hybridized carbons (Fsp3) is 0.544. The predicted octanol–water partition coefficient (Wildman–Crippen LogP) is -5.23. The van der Waals surface area contributed by atoms with E-state index >= 15 is 0 Å². The second-order valence-corrected chi connectivity index (χ2v) is 29.7. The summed E-state index contributed by atoms with van der Waals surface area (Å²) in [4.78, 5) is 58.6. The second kappa shape index (κ2) is 37.6. The lowest BCUT2D eigenvalue weighted by molar-refractivity contribution is -0.153. The molecule has 11 aliphatic heterocycles. The number of nitriles is 1. The van der Waals surface area contributed by atoms with Crippen LogP contribution < -0.4 is 33.8 Å². The smallest absolute Gasteiger partial charge is 0.321 e. The molecule has 668 valence electrons.